The molecule has 0 radical (unpaired) electrons. The van der Waals surface area contributed by atoms with Crippen LogP contribution >= 0.6 is 0 Å². The van der Waals surface area contributed by atoms with Gasteiger partial charge in [-0.1, -0.05) is 18.2 Å². The average molecular weight is 341 g/mol. The lowest BCUT2D eigenvalue weighted by molar-refractivity contribution is -0.0909. The number of halogens is 3. The van der Waals surface area contributed by atoms with Gasteiger partial charge >= 0.3 is 6.18 Å². The van der Waals surface area contributed by atoms with Gasteiger partial charge in [0.1, 0.15) is 17.3 Å². The Labute approximate surface area is 133 Å². The van der Waals surface area contributed by atoms with E-state index in [-0.39, 0.29) is 12.2 Å². The van der Waals surface area contributed by atoms with Gasteiger partial charge in [0.25, 0.3) is 0 Å². The summed E-state index contributed by atoms with van der Waals surface area (Å²) in [6.07, 6.45) is -1.77. The topological polar surface area (TPSA) is 46.9 Å². The Hall–Kier alpha value is -2.09. The summed E-state index contributed by atoms with van der Waals surface area (Å²) in [4.78, 5) is 4.91. The molecule has 0 fully saturated rings. The molecule has 1 aliphatic heterocycles. The molecule has 0 saturated heterocycles. The van der Waals surface area contributed by atoms with Crippen molar-refractivity contribution in [2.24, 2.45) is 7.05 Å². The molecule has 1 aromatic heterocycles. The lowest BCUT2D eigenvalue weighted by Gasteiger charge is -2.18. The van der Waals surface area contributed by atoms with Crippen molar-refractivity contribution in [2.75, 3.05) is 18.1 Å². The van der Waals surface area contributed by atoms with E-state index in [2.05, 4.69) is 10.3 Å². The van der Waals surface area contributed by atoms with E-state index in [9.17, 15) is 17.4 Å². The largest absolute Gasteiger partial charge is 0.414 e. The molecule has 1 unspecified atom stereocenters. The third-order valence-electron chi connectivity index (χ3n) is 3.68. The van der Waals surface area contributed by atoms with E-state index in [0.29, 0.717) is 22.1 Å². The number of hydrogen-bond acceptors (Lipinski definition) is 3. The van der Waals surface area contributed by atoms with E-state index in [4.69, 9.17) is 0 Å². The first kappa shape index (κ1) is 15.8. The lowest BCUT2D eigenvalue weighted by Crippen LogP contribution is -2.23. The second-order valence-corrected chi connectivity index (χ2v) is 6.55. The second kappa shape index (κ2) is 5.52. The van der Waals surface area contributed by atoms with Crippen LogP contribution in [0.3, 0.4) is 0 Å². The Bertz CT molecular complexity index is 824. The van der Waals surface area contributed by atoms with Gasteiger partial charge in [0.15, 0.2) is 0 Å². The first-order chi connectivity index (χ1) is 10.8. The summed E-state index contributed by atoms with van der Waals surface area (Å²) >= 11 is 0. The summed E-state index contributed by atoms with van der Waals surface area (Å²) in [6, 6.07) is 7.04. The summed E-state index contributed by atoms with van der Waals surface area (Å²) in [7, 11) is 0.493. The SMILES string of the molecule is Cn1c(-c2ccccc2S(C)=O)nc2c1NCC(C(F)(F)F)=C2. The third kappa shape index (κ3) is 2.78. The Morgan fingerprint density at radius 2 is 2.00 bits per heavy atom. The zero-order chi connectivity index (χ0) is 16.8. The van der Waals surface area contributed by atoms with E-state index in [1.165, 1.54) is 0 Å². The van der Waals surface area contributed by atoms with Gasteiger partial charge in [-0.25, -0.2) is 4.98 Å². The van der Waals surface area contributed by atoms with Crippen molar-refractivity contribution in [1.29, 1.82) is 0 Å². The summed E-state index contributed by atoms with van der Waals surface area (Å²) < 4.78 is 52.1. The van der Waals surface area contributed by atoms with Crippen molar-refractivity contribution >= 4 is 22.7 Å². The van der Waals surface area contributed by atoms with E-state index < -0.39 is 22.5 Å². The molecule has 3 rings (SSSR count). The predicted octanol–water partition coefficient (Wildman–Crippen LogP) is 3.20. The van der Waals surface area contributed by atoms with Gasteiger partial charge in [-0.3, -0.25) is 4.21 Å². The molecule has 1 atom stereocenters. The van der Waals surface area contributed by atoms with E-state index >= 15 is 0 Å². The fourth-order valence-electron chi connectivity index (χ4n) is 2.55. The van der Waals surface area contributed by atoms with Gasteiger partial charge in [-0.05, 0) is 12.1 Å². The molecule has 122 valence electrons. The first-order valence-corrected chi connectivity index (χ1v) is 8.36. The van der Waals surface area contributed by atoms with Crippen molar-refractivity contribution in [2.45, 2.75) is 11.1 Å². The molecule has 8 heteroatoms. The van der Waals surface area contributed by atoms with Gasteiger partial charge < -0.3 is 9.88 Å². The maximum Gasteiger partial charge on any atom is 0.414 e. The van der Waals surface area contributed by atoms with E-state index in [1.54, 1.807) is 42.1 Å². The van der Waals surface area contributed by atoms with Crippen LogP contribution < -0.4 is 5.32 Å². The van der Waals surface area contributed by atoms with Gasteiger partial charge in [0.05, 0.1) is 16.4 Å². The molecule has 1 aliphatic rings. The monoisotopic (exact) mass is 341 g/mol. The molecule has 0 amide bonds. The van der Waals surface area contributed by atoms with Gasteiger partial charge in [-0.2, -0.15) is 13.2 Å². The maximum atomic E-state index is 12.9. The second-order valence-electron chi connectivity index (χ2n) is 5.20. The lowest BCUT2D eigenvalue weighted by atomic mass is 10.1. The highest BCUT2D eigenvalue weighted by molar-refractivity contribution is 7.84. The number of nitrogens with zero attached hydrogens (tertiary/aromatic N) is 2. The minimum absolute atomic E-state index is 0.234. The fourth-order valence-corrected chi connectivity index (χ4v) is 3.29. The molecule has 0 saturated carbocycles. The number of imidazole rings is 1. The van der Waals surface area contributed by atoms with Crippen LogP contribution in [-0.2, 0) is 17.8 Å². The van der Waals surface area contributed by atoms with Crippen molar-refractivity contribution in [1.82, 2.24) is 9.55 Å². The number of benzene rings is 1. The Morgan fingerprint density at radius 1 is 1.30 bits per heavy atom. The van der Waals surface area contributed by atoms with Crippen LogP contribution in [0.2, 0.25) is 0 Å². The van der Waals surface area contributed by atoms with Crippen LogP contribution in [0.1, 0.15) is 5.69 Å². The number of anilines is 1. The third-order valence-corrected chi connectivity index (χ3v) is 4.66. The summed E-state index contributed by atoms with van der Waals surface area (Å²) in [5.74, 6) is 0.998. The zero-order valence-corrected chi connectivity index (χ0v) is 13.3. The van der Waals surface area contributed by atoms with Crippen LogP contribution in [-0.4, -0.2) is 32.7 Å². The number of alkyl halides is 3. The van der Waals surface area contributed by atoms with Crippen molar-refractivity contribution in [3.8, 4) is 11.4 Å². The molecule has 4 nitrogen and oxygen atoms in total. The van der Waals surface area contributed by atoms with Gasteiger partial charge in [-0.15, -0.1) is 0 Å². The summed E-state index contributed by atoms with van der Waals surface area (Å²) in [5, 5.41) is 2.76. The van der Waals surface area contributed by atoms with Crippen LogP contribution in [0.15, 0.2) is 34.7 Å². The van der Waals surface area contributed by atoms with Crippen molar-refractivity contribution < 1.29 is 17.4 Å². The quantitative estimate of drug-likeness (QED) is 0.912. The molecule has 2 heterocycles. The standard InChI is InChI=1S/C15H14F3N3OS/c1-21-13(10-5-3-4-6-12(10)23(2)22)20-11-7-9(15(16,17)18)8-19-14(11)21/h3-7,19H,8H2,1-2H3. The first-order valence-electron chi connectivity index (χ1n) is 6.80. The van der Waals surface area contributed by atoms with Crippen molar-refractivity contribution in [3.63, 3.8) is 0 Å². The molecule has 2 aromatic rings. The molecule has 23 heavy (non-hydrogen) atoms. The highest BCUT2D eigenvalue weighted by Gasteiger charge is 2.36. The fraction of sp³-hybridized carbons (Fsp3) is 0.267. The smallest absolute Gasteiger partial charge is 0.366 e. The number of fused-ring (bicyclic) bond motifs is 1. The highest BCUT2D eigenvalue weighted by Crippen LogP contribution is 2.35. The molecular formula is C15H14F3N3OS. The number of aromatic nitrogens is 2. The van der Waals surface area contributed by atoms with Crippen molar-refractivity contribution in [3.05, 3.63) is 35.5 Å². The normalized spacial score (nSPS) is 15.6. The Balaban J connectivity index is 2.15. The van der Waals surface area contributed by atoms with Crippen LogP contribution in [0.4, 0.5) is 19.0 Å². The minimum atomic E-state index is -4.38. The zero-order valence-electron chi connectivity index (χ0n) is 12.4. The number of rotatable bonds is 2. The molecule has 0 aliphatic carbocycles. The Kier molecular flexibility index (Phi) is 3.79. The van der Waals surface area contributed by atoms with Crippen LogP contribution in [0, 0.1) is 0 Å². The molecule has 0 bridgehead atoms. The maximum absolute atomic E-state index is 12.9. The van der Waals surface area contributed by atoms with Gasteiger partial charge in [0, 0.05) is 30.3 Å². The molecular weight excluding hydrogens is 327 g/mol. The highest BCUT2D eigenvalue weighted by atomic mass is 32.2. The summed E-state index contributed by atoms with van der Waals surface area (Å²) in [5.41, 5.74) is 0.216. The number of nitrogens with one attached hydrogen (secondary N) is 1. The van der Waals surface area contributed by atoms with E-state index in [1.807, 2.05) is 0 Å². The van der Waals surface area contributed by atoms with Gasteiger partial charge in [0.2, 0.25) is 0 Å². The average Bonchev–Trinajstić information content (AvgIpc) is 2.83. The van der Waals surface area contributed by atoms with Crippen LogP contribution in [0.5, 0.6) is 0 Å². The van der Waals surface area contributed by atoms with E-state index in [0.717, 1.165) is 6.08 Å². The molecule has 1 aromatic carbocycles. The minimum Gasteiger partial charge on any atom is -0.366 e. The molecule has 0 spiro atoms. The predicted molar refractivity (Wildman–Crippen MR) is 83.5 cm³/mol. The van der Waals surface area contributed by atoms with Crippen LogP contribution in [0.25, 0.3) is 17.5 Å². The number of hydrogen-bond donors (Lipinski definition) is 1. The molecule has 1 N–H and O–H groups in total. The summed E-state index contributed by atoms with van der Waals surface area (Å²) in [6.45, 7) is -0.295. The Morgan fingerprint density at radius 3 is 2.65 bits per heavy atom.